The standard InChI is InChI=1S/C28H39N5O3/c1-3-4-5-9-16-31-19-24(17-22-12-14-25(34)15-13-22)32-26(20-31)33(30(2)21-27(32)35)28(36)29-18-23-10-7-6-8-11-23/h6-8,10-15,24,26,34H,3-5,9,16-21H2,1-2H3,(H,29,36)/t24-,26-/m0/s1. The molecule has 0 aliphatic carbocycles. The number of nitrogens with one attached hydrogen (secondary N) is 1. The zero-order valence-corrected chi connectivity index (χ0v) is 21.5. The average Bonchev–Trinajstić information content (AvgIpc) is 2.87. The number of urea groups is 1. The number of carbonyl (C=O) groups is 2. The molecule has 8 nitrogen and oxygen atoms in total. The van der Waals surface area contributed by atoms with Gasteiger partial charge >= 0.3 is 6.03 Å². The number of benzene rings is 2. The molecule has 0 spiro atoms. The Bertz CT molecular complexity index is 1000. The number of phenols is 1. The fourth-order valence-electron chi connectivity index (χ4n) is 5.33. The van der Waals surface area contributed by atoms with Crippen molar-refractivity contribution >= 4 is 11.9 Å². The van der Waals surface area contributed by atoms with Crippen LogP contribution in [0.5, 0.6) is 5.75 Å². The van der Waals surface area contributed by atoms with Crippen LogP contribution < -0.4 is 5.32 Å². The molecule has 2 heterocycles. The van der Waals surface area contributed by atoms with E-state index < -0.39 is 0 Å². The third-order valence-corrected chi connectivity index (χ3v) is 7.14. The van der Waals surface area contributed by atoms with E-state index in [1.54, 1.807) is 22.2 Å². The molecular weight excluding hydrogens is 454 g/mol. The Kier molecular flexibility index (Phi) is 8.83. The summed E-state index contributed by atoms with van der Waals surface area (Å²) in [5.74, 6) is 0.277. The Hall–Kier alpha value is -3.10. The van der Waals surface area contributed by atoms with Gasteiger partial charge in [0.15, 0.2) is 0 Å². The summed E-state index contributed by atoms with van der Waals surface area (Å²) in [7, 11) is 1.81. The molecule has 2 aromatic rings. The molecule has 2 aliphatic rings. The van der Waals surface area contributed by atoms with Gasteiger partial charge in [0.1, 0.15) is 11.9 Å². The van der Waals surface area contributed by atoms with Gasteiger partial charge in [0.2, 0.25) is 5.91 Å². The first kappa shape index (κ1) is 26.0. The minimum atomic E-state index is -0.367. The van der Waals surface area contributed by atoms with E-state index in [2.05, 4.69) is 17.1 Å². The number of carbonyl (C=O) groups excluding carboxylic acids is 2. The van der Waals surface area contributed by atoms with Gasteiger partial charge in [-0.15, -0.1) is 0 Å². The second-order valence-electron chi connectivity index (χ2n) is 9.93. The molecule has 0 radical (unpaired) electrons. The summed E-state index contributed by atoms with van der Waals surface area (Å²) in [6.07, 6.45) is 5.01. The summed E-state index contributed by atoms with van der Waals surface area (Å²) in [5.41, 5.74) is 2.10. The molecule has 2 aliphatic heterocycles. The molecule has 194 valence electrons. The lowest BCUT2D eigenvalue weighted by atomic mass is 9.99. The summed E-state index contributed by atoms with van der Waals surface area (Å²) in [6.45, 7) is 5.17. The highest BCUT2D eigenvalue weighted by atomic mass is 16.3. The van der Waals surface area contributed by atoms with Crippen LogP contribution in [-0.2, 0) is 17.8 Å². The van der Waals surface area contributed by atoms with Crippen molar-refractivity contribution < 1.29 is 14.7 Å². The molecule has 2 atom stereocenters. The second kappa shape index (κ2) is 12.2. The molecule has 2 fully saturated rings. The smallest absolute Gasteiger partial charge is 0.334 e. The fourth-order valence-corrected chi connectivity index (χ4v) is 5.33. The lowest BCUT2D eigenvalue weighted by Gasteiger charge is -2.55. The van der Waals surface area contributed by atoms with Crippen LogP contribution >= 0.6 is 0 Å². The average molecular weight is 494 g/mol. The van der Waals surface area contributed by atoms with E-state index in [0.29, 0.717) is 19.5 Å². The first-order valence-corrected chi connectivity index (χ1v) is 13.1. The van der Waals surface area contributed by atoms with Gasteiger partial charge in [-0.3, -0.25) is 9.69 Å². The quantitative estimate of drug-likeness (QED) is 0.524. The molecule has 0 bridgehead atoms. The van der Waals surface area contributed by atoms with Gasteiger partial charge in [-0.25, -0.2) is 14.8 Å². The largest absolute Gasteiger partial charge is 0.508 e. The lowest BCUT2D eigenvalue weighted by molar-refractivity contribution is -0.179. The number of rotatable bonds is 9. The number of nitrogens with zero attached hydrogens (tertiary/aromatic N) is 4. The third-order valence-electron chi connectivity index (χ3n) is 7.14. The van der Waals surface area contributed by atoms with Crippen molar-refractivity contribution in [1.82, 2.24) is 25.1 Å². The first-order valence-electron chi connectivity index (χ1n) is 13.1. The van der Waals surface area contributed by atoms with Crippen molar-refractivity contribution in [3.05, 3.63) is 65.7 Å². The van der Waals surface area contributed by atoms with E-state index in [1.165, 1.54) is 19.3 Å². The predicted octanol–water partition coefficient (Wildman–Crippen LogP) is 3.43. The highest BCUT2D eigenvalue weighted by molar-refractivity contribution is 5.83. The molecule has 2 saturated heterocycles. The Balaban J connectivity index is 1.54. The van der Waals surface area contributed by atoms with Crippen LogP contribution in [0.15, 0.2) is 54.6 Å². The molecular formula is C28H39N5O3. The molecule has 4 rings (SSSR count). The fraction of sp³-hybridized carbons (Fsp3) is 0.500. The Morgan fingerprint density at radius 1 is 1.00 bits per heavy atom. The van der Waals surface area contributed by atoms with Gasteiger partial charge < -0.3 is 15.3 Å². The number of hydrogen-bond donors (Lipinski definition) is 2. The molecule has 3 amide bonds. The highest BCUT2D eigenvalue weighted by Crippen LogP contribution is 2.27. The van der Waals surface area contributed by atoms with E-state index in [9.17, 15) is 14.7 Å². The Morgan fingerprint density at radius 2 is 1.75 bits per heavy atom. The van der Waals surface area contributed by atoms with E-state index in [1.807, 2.05) is 54.4 Å². The van der Waals surface area contributed by atoms with Gasteiger partial charge in [0, 0.05) is 26.7 Å². The second-order valence-corrected chi connectivity index (χ2v) is 9.93. The normalized spacial score (nSPS) is 20.9. The van der Waals surface area contributed by atoms with Crippen molar-refractivity contribution in [2.75, 3.05) is 33.2 Å². The molecule has 2 N–H and O–H groups in total. The van der Waals surface area contributed by atoms with E-state index >= 15 is 0 Å². The van der Waals surface area contributed by atoms with Gasteiger partial charge in [-0.1, -0.05) is 68.7 Å². The van der Waals surface area contributed by atoms with Crippen molar-refractivity contribution in [2.45, 2.75) is 57.8 Å². The summed E-state index contributed by atoms with van der Waals surface area (Å²) in [6, 6.07) is 16.8. The third kappa shape index (κ3) is 6.36. The SMILES string of the molecule is CCCCCCN1C[C@H](Cc2ccc(O)cc2)N2C(=O)CN(C)N(C(=O)NCc3ccccc3)[C@H]2C1. The number of piperazine rings is 1. The number of phenolic OH excluding ortho intramolecular Hbond substituents is 1. The van der Waals surface area contributed by atoms with Gasteiger partial charge in [-0.05, 0) is 42.6 Å². The van der Waals surface area contributed by atoms with Crippen LogP contribution in [-0.4, -0.2) is 82.3 Å². The highest BCUT2D eigenvalue weighted by Gasteiger charge is 2.47. The minimum Gasteiger partial charge on any atom is -0.508 e. The maximum Gasteiger partial charge on any atom is 0.334 e. The summed E-state index contributed by atoms with van der Waals surface area (Å²) >= 11 is 0. The number of likely N-dealkylation sites (N-methyl/N-ethyl adjacent to an activating group) is 1. The summed E-state index contributed by atoms with van der Waals surface area (Å²) < 4.78 is 0. The number of aromatic hydroxyl groups is 1. The summed E-state index contributed by atoms with van der Waals surface area (Å²) in [4.78, 5) is 31.1. The molecule has 0 aromatic heterocycles. The maximum atomic E-state index is 13.4. The first-order chi connectivity index (χ1) is 17.5. The molecule has 0 saturated carbocycles. The van der Waals surface area contributed by atoms with E-state index in [-0.39, 0.29) is 36.4 Å². The maximum absolute atomic E-state index is 13.4. The van der Waals surface area contributed by atoms with Crippen LogP contribution in [0.1, 0.15) is 43.7 Å². The lowest BCUT2D eigenvalue weighted by Crippen LogP contribution is -2.75. The van der Waals surface area contributed by atoms with Crippen molar-refractivity contribution in [3.63, 3.8) is 0 Å². The zero-order chi connectivity index (χ0) is 25.5. The predicted molar refractivity (Wildman–Crippen MR) is 140 cm³/mol. The molecule has 8 heteroatoms. The number of fused-ring (bicyclic) bond motifs is 1. The molecule has 2 aromatic carbocycles. The van der Waals surface area contributed by atoms with Gasteiger partial charge in [-0.2, -0.15) is 0 Å². The molecule has 36 heavy (non-hydrogen) atoms. The number of unbranched alkanes of at least 4 members (excludes halogenated alkanes) is 3. The number of hydrogen-bond acceptors (Lipinski definition) is 5. The van der Waals surface area contributed by atoms with E-state index in [4.69, 9.17) is 0 Å². The van der Waals surface area contributed by atoms with Crippen molar-refractivity contribution in [2.24, 2.45) is 0 Å². The van der Waals surface area contributed by atoms with Gasteiger partial charge in [0.05, 0.1) is 12.6 Å². The number of hydrazine groups is 1. The van der Waals surface area contributed by atoms with Crippen molar-refractivity contribution in [1.29, 1.82) is 0 Å². The minimum absolute atomic E-state index is 0.0454. The number of amides is 3. The Labute approximate surface area is 214 Å². The van der Waals surface area contributed by atoms with Crippen LogP contribution in [0.25, 0.3) is 0 Å². The monoisotopic (exact) mass is 493 g/mol. The van der Waals surface area contributed by atoms with E-state index in [0.717, 1.165) is 30.6 Å². The van der Waals surface area contributed by atoms with Crippen LogP contribution in [0.3, 0.4) is 0 Å². The topological polar surface area (TPSA) is 79.4 Å². The Morgan fingerprint density at radius 3 is 2.47 bits per heavy atom. The summed E-state index contributed by atoms with van der Waals surface area (Å²) in [5, 5.41) is 16.2. The molecule has 0 unspecified atom stereocenters. The zero-order valence-electron chi connectivity index (χ0n) is 21.5. The van der Waals surface area contributed by atoms with Gasteiger partial charge in [0.25, 0.3) is 0 Å². The van der Waals surface area contributed by atoms with Crippen molar-refractivity contribution in [3.8, 4) is 5.75 Å². The van der Waals surface area contributed by atoms with Crippen LogP contribution in [0.4, 0.5) is 4.79 Å². The van der Waals surface area contributed by atoms with Crippen LogP contribution in [0, 0.1) is 0 Å². The van der Waals surface area contributed by atoms with Crippen LogP contribution in [0.2, 0.25) is 0 Å².